The summed E-state index contributed by atoms with van der Waals surface area (Å²) in [5, 5.41) is 3.44. The summed E-state index contributed by atoms with van der Waals surface area (Å²) in [6.45, 7) is 5.56. The van der Waals surface area contributed by atoms with Crippen molar-refractivity contribution in [1.82, 2.24) is 0 Å². The molecule has 0 saturated heterocycles. The van der Waals surface area contributed by atoms with E-state index in [9.17, 15) is 0 Å². The highest BCUT2D eigenvalue weighted by molar-refractivity contribution is 9.10. The van der Waals surface area contributed by atoms with E-state index in [-0.39, 0.29) is 0 Å². The van der Waals surface area contributed by atoms with E-state index in [1.54, 1.807) is 0 Å². The Bertz CT molecular complexity index is 554. The predicted molar refractivity (Wildman–Crippen MR) is 83.8 cm³/mol. The Morgan fingerprint density at radius 1 is 1.16 bits per heavy atom. The molecule has 0 amide bonds. The van der Waals surface area contributed by atoms with Crippen molar-refractivity contribution in [2.24, 2.45) is 0 Å². The maximum Gasteiger partial charge on any atom is 0.119 e. The van der Waals surface area contributed by atoms with Gasteiger partial charge in [0, 0.05) is 16.7 Å². The van der Waals surface area contributed by atoms with Crippen LogP contribution in [0.25, 0.3) is 0 Å². The number of ether oxygens (including phenoxy) is 1. The maximum atomic E-state index is 5.50. The van der Waals surface area contributed by atoms with E-state index < -0.39 is 0 Å². The molecule has 0 aliphatic heterocycles. The Morgan fingerprint density at radius 2 is 1.95 bits per heavy atom. The summed E-state index contributed by atoms with van der Waals surface area (Å²) in [5.41, 5.74) is 3.55. The van der Waals surface area contributed by atoms with Gasteiger partial charge < -0.3 is 10.1 Å². The van der Waals surface area contributed by atoms with Crippen LogP contribution in [0.5, 0.6) is 5.75 Å². The zero-order chi connectivity index (χ0) is 13.7. The van der Waals surface area contributed by atoms with E-state index >= 15 is 0 Å². The summed E-state index contributed by atoms with van der Waals surface area (Å²) in [6, 6.07) is 14.4. The minimum atomic E-state index is 0.695. The molecule has 0 spiro atoms. The first-order valence-corrected chi connectivity index (χ1v) is 7.20. The van der Waals surface area contributed by atoms with Gasteiger partial charge in [0.25, 0.3) is 0 Å². The lowest BCUT2D eigenvalue weighted by atomic mass is 10.2. The largest absolute Gasteiger partial charge is 0.494 e. The van der Waals surface area contributed by atoms with E-state index in [0.717, 1.165) is 22.5 Å². The molecule has 19 heavy (non-hydrogen) atoms. The fraction of sp³-hybridized carbons (Fsp3) is 0.250. The molecule has 2 aromatic rings. The molecule has 0 aliphatic carbocycles. The molecule has 0 fully saturated rings. The summed E-state index contributed by atoms with van der Waals surface area (Å²) >= 11 is 3.61. The number of nitrogens with one attached hydrogen (secondary N) is 1. The number of rotatable bonds is 5. The number of benzene rings is 2. The summed E-state index contributed by atoms with van der Waals surface area (Å²) in [5.74, 6) is 0.921. The van der Waals surface area contributed by atoms with Crippen molar-refractivity contribution in [2.45, 2.75) is 20.4 Å². The molecule has 0 saturated carbocycles. The first-order valence-electron chi connectivity index (χ1n) is 6.41. The molecule has 0 atom stereocenters. The van der Waals surface area contributed by atoms with Gasteiger partial charge in [-0.15, -0.1) is 0 Å². The van der Waals surface area contributed by atoms with Gasteiger partial charge in [-0.3, -0.25) is 0 Å². The Balaban J connectivity index is 2.06. The fourth-order valence-corrected chi connectivity index (χ4v) is 2.30. The Labute approximate surface area is 122 Å². The lowest BCUT2D eigenvalue weighted by Crippen LogP contribution is -2.01. The minimum Gasteiger partial charge on any atom is -0.494 e. The highest BCUT2D eigenvalue weighted by atomic mass is 79.9. The number of halogens is 1. The smallest absolute Gasteiger partial charge is 0.119 e. The minimum absolute atomic E-state index is 0.695. The lowest BCUT2D eigenvalue weighted by Gasteiger charge is -2.11. The van der Waals surface area contributed by atoms with Gasteiger partial charge in [-0.05, 0) is 59.1 Å². The van der Waals surface area contributed by atoms with Gasteiger partial charge in [0.05, 0.1) is 6.61 Å². The van der Waals surface area contributed by atoms with Gasteiger partial charge in [0.2, 0.25) is 0 Å². The summed E-state index contributed by atoms with van der Waals surface area (Å²) in [4.78, 5) is 0. The van der Waals surface area contributed by atoms with Crippen LogP contribution in [0.4, 0.5) is 5.69 Å². The average molecular weight is 320 g/mol. The molecule has 2 aromatic carbocycles. The molecule has 100 valence electrons. The first-order chi connectivity index (χ1) is 9.20. The van der Waals surface area contributed by atoms with Gasteiger partial charge in [-0.25, -0.2) is 0 Å². The molecule has 3 heteroatoms. The van der Waals surface area contributed by atoms with Crippen molar-refractivity contribution in [2.75, 3.05) is 11.9 Å². The van der Waals surface area contributed by atoms with E-state index in [4.69, 9.17) is 4.74 Å². The van der Waals surface area contributed by atoms with E-state index in [1.165, 1.54) is 11.1 Å². The Hall–Kier alpha value is -1.48. The SMILES string of the molecule is CCOc1cccc(CNc2cccc(C)c2Br)c1. The average Bonchev–Trinajstić information content (AvgIpc) is 2.41. The molecule has 2 nitrogen and oxygen atoms in total. The summed E-state index contributed by atoms with van der Waals surface area (Å²) < 4.78 is 6.63. The van der Waals surface area contributed by atoms with Crippen molar-refractivity contribution in [3.05, 3.63) is 58.1 Å². The maximum absolute atomic E-state index is 5.50. The third kappa shape index (κ3) is 3.74. The lowest BCUT2D eigenvalue weighted by molar-refractivity contribution is 0.340. The van der Waals surface area contributed by atoms with Gasteiger partial charge in [0.15, 0.2) is 0 Å². The molecule has 2 rings (SSSR count). The molecular formula is C16H18BrNO. The standard InChI is InChI=1S/C16H18BrNO/c1-3-19-14-8-5-7-13(10-14)11-18-15-9-4-6-12(2)16(15)17/h4-10,18H,3,11H2,1-2H3. The second-order valence-corrected chi connectivity index (χ2v) is 5.16. The van der Waals surface area contributed by atoms with Gasteiger partial charge in [-0.1, -0.05) is 24.3 Å². The van der Waals surface area contributed by atoms with Crippen molar-refractivity contribution >= 4 is 21.6 Å². The highest BCUT2D eigenvalue weighted by Crippen LogP contribution is 2.26. The topological polar surface area (TPSA) is 21.3 Å². The quantitative estimate of drug-likeness (QED) is 0.857. The number of hydrogen-bond donors (Lipinski definition) is 1. The van der Waals surface area contributed by atoms with E-state index in [1.807, 2.05) is 19.1 Å². The van der Waals surface area contributed by atoms with Crippen LogP contribution in [0.2, 0.25) is 0 Å². The summed E-state index contributed by atoms with van der Waals surface area (Å²) in [7, 11) is 0. The van der Waals surface area contributed by atoms with Crippen LogP contribution in [0, 0.1) is 6.92 Å². The normalized spacial score (nSPS) is 10.3. The van der Waals surface area contributed by atoms with Crippen molar-refractivity contribution in [1.29, 1.82) is 0 Å². The van der Waals surface area contributed by atoms with Gasteiger partial charge in [0.1, 0.15) is 5.75 Å². The molecule has 0 heterocycles. The van der Waals surface area contributed by atoms with Crippen LogP contribution in [-0.4, -0.2) is 6.61 Å². The predicted octanol–water partition coefficient (Wildman–Crippen LogP) is 4.77. The Morgan fingerprint density at radius 3 is 2.74 bits per heavy atom. The van der Waals surface area contributed by atoms with Crippen LogP contribution < -0.4 is 10.1 Å². The third-order valence-corrected chi connectivity index (χ3v) is 3.94. The molecule has 1 N–H and O–H groups in total. The van der Waals surface area contributed by atoms with E-state index in [2.05, 4.69) is 58.5 Å². The molecular weight excluding hydrogens is 302 g/mol. The monoisotopic (exact) mass is 319 g/mol. The van der Waals surface area contributed by atoms with Crippen LogP contribution in [-0.2, 0) is 6.54 Å². The number of hydrogen-bond acceptors (Lipinski definition) is 2. The molecule has 0 aromatic heterocycles. The van der Waals surface area contributed by atoms with Crippen LogP contribution in [0.1, 0.15) is 18.1 Å². The van der Waals surface area contributed by atoms with Gasteiger partial charge >= 0.3 is 0 Å². The third-order valence-electron chi connectivity index (χ3n) is 2.88. The first kappa shape index (κ1) is 13.9. The second kappa shape index (κ2) is 6.62. The summed E-state index contributed by atoms with van der Waals surface area (Å²) in [6.07, 6.45) is 0. The number of anilines is 1. The van der Waals surface area contributed by atoms with E-state index in [0.29, 0.717) is 6.61 Å². The van der Waals surface area contributed by atoms with Crippen molar-refractivity contribution in [3.8, 4) is 5.75 Å². The molecule has 0 radical (unpaired) electrons. The zero-order valence-electron chi connectivity index (χ0n) is 11.2. The second-order valence-electron chi connectivity index (χ2n) is 4.37. The van der Waals surface area contributed by atoms with Crippen molar-refractivity contribution in [3.63, 3.8) is 0 Å². The highest BCUT2D eigenvalue weighted by Gasteiger charge is 2.02. The van der Waals surface area contributed by atoms with Crippen LogP contribution in [0.15, 0.2) is 46.9 Å². The van der Waals surface area contributed by atoms with Crippen LogP contribution >= 0.6 is 15.9 Å². The Kier molecular flexibility index (Phi) is 4.86. The van der Waals surface area contributed by atoms with Crippen molar-refractivity contribution < 1.29 is 4.74 Å². The molecule has 0 aliphatic rings. The zero-order valence-corrected chi connectivity index (χ0v) is 12.8. The molecule has 0 bridgehead atoms. The van der Waals surface area contributed by atoms with Crippen LogP contribution in [0.3, 0.4) is 0 Å². The number of aryl methyl sites for hydroxylation is 1. The fourth-order valence-electron chi connectivity index (χ4n) is 1.89. The molecule has 0 unspecified atom stereocenters. The van der Waals surface area contributed by atoms with Gasteiger partial charge in [-0.2, -0.15) is 0 Å².